The molecule has 1 atom stereocenters. The summed E-state index contributed by atoms with van der Waals surface area (Å²) in [5.74, 6) is -2.05. The highest BCUT2D eigenvalue weighted by Crippen LogP contribution is 2.32. The van der Waals surface area contributed by atoms with Crippen LogP contribution >= 0.6 is 0 Å². The van der Waals surface area contributed by atoms with Crippen LogP contribution in [0.3, 0.4) is 0 Å². The van der Waals surface area contributed by atoms with E-state index in [0.29, 0.717) is 0 Å². The molecule has 0 radical (unpaired) electrons. The van der Waals surface area contributed by atoms with Crippen LogP contribution in [0.25, 0.3) is 0 Å². The number of carbonyl (C=O) groups is 5. The number of nitrogens with zero attached hydrogens (tertiary/aromatic N) is 1. The first-order valence-corrected chi connectivity index (χ1v) is 7.35. The summed E-state index contributed by atoms with van der Waals surface area (Å²) in [6.45, 7) is 0. The molecule has 1 saturated heterocycles. The summed E-state index contributed by atoms with van der Waals surface area (Å²) in [4.78, 5) is 60.8. The van der Waals surface area contributed by atoms with Crippen LogP contribution in [0.4, 0.5) is 0 Å². The summed E-state index contributed by atoms with van der Waals surface area (Å²) in [6, 6.07) is 2.21. The summed E-state index contributed by atoms with van der Waals surface area (Å²) >= 11 is 0. The van der Waals surface area contributed by atoms with Gasteiger partial charge in [0.05, 0.1) is 11.1 Å². The third-order valence-corrected chi connectivity index (χ3v) is 4.54. The summed E-state index contributed by atoms with van der Waals surface area (Å²) in [5, 5.41) is 2.16. The number of Topliss-reactive ketones (excluding diaryl/α,β-unsaturated/α-hetero) is 1. The normalized spacial score (nSPS) is 23.2. The summed E-state index contributed by atoms with van der Waals surface area (Å²) in [5.41, 5.74) is 1.99. The predicted octanol–water partition coefficient (Wildman–Crippen LogP) is -0.244. The zero-order valence-corrected chi connectivity index (χ0v) is 12.0. The Hall–Kier alpha value is -2.83. The first-order valence-electron chi connectivity index (χ1n) is 7.35. The maximum Gasteiger partial charge on any atom is 0.262 e. The number of nitrogens with one attached hydrogen (secondary N) is 1. The molecule has 4 amide bonds. The van der Waals surface area contributed by atoms with E-state index in [1.807, 2.05) is 0 Å². The Labute approximate surface area is 130 Å². The number of hydrogen-bond donors (Lipinski definition) is 1. The van der Waals surface area contributed by atoms with Crippen LogP contribution < -0.4 is 5.32 Å². The molecule has 1 aromatic rings. The number of fused-ring (bicyclic) bond motifs is 2. The molecule has 0 aromatic heterocycles. The van der Waals surface area contributed by atoms with Crippen molar-refractivity contribution in [3.8, 4) is 0 Å². The van der Waals surface area contributed by atoms with Gasteiger partial charge in [0, 0.05) is 19.3 Å². The maximum absolute atomic E-state index is 12.6. The van der Waals surface area contributed by atoms with Crippen molar-refractivity contribution in [2.75, 3.05) is 0 Å². The van der Waals surface area contributed by atoms with Crippen LogP contribution in [0.5, 0.6) is 0 Å². The maximum atomic E-state index is 12.6. The highest BCUT2D eigenvalue weighted by atomic mass is 16.2. The molecule has 3 aliphatic rings. The number of imide groups is 2. The van der Waals surface area contributed by atoms with Crippen LogP contribution in [-0.2, 0) is 27.2 Å². The van der Waals surface area contributed by atoms with Crippen molar-refractivity contribution in [3.05, 3.63) is 34.4 Å². The fourth-order valence-electron chi connectivity index (χ4n) is 3.42. The molecule has 1 fully saturated rings. The standard InChI is InChI=1S/C16H12N2O5/c19-9-3-7-5-10-11(6-8(7)4-9)16(23)18(15(10)22)12-1-2-13(20)17-14(12)21/h5-6,12H,1-4H2,(H,17,20,21). The van der Waals surface area contributed by atoms with Crippen molar-refractivity contribution >= 4 is 29.4 Å². The fraction of sp³-hybridized carbons (Fsp3) is 0.312. The minimum Gasteiger partial charge on any atom is -0.299 e. The number of ketones is 1. The molecule has 0 saturated carbocycles. The minimum atomic E-state index is -0.962. The quantitative estimate of drug-likeness (QED) is 0.721. The molecule has 7 nitrogen and oxygen atoms in total. The highest BCUT2D eigenvalue weighted by Gasteiger charge is 2.45. The van der Waals surface area contributed by atoms with Gasteiger partial charge in [-0.2, -0.15) is 0 Å². The van der Waals surface area contributed by atoms with Gasteiger partial charge >= 0.3 is 0 Å². The lowest BCUT2D eigenvalue weighted by molar-refractivity contribution is -0.136. The van der Waals surface area contributed by atoms with E-state index in [-0.39, 0.29) is 42.6 Å². The van der Waals surface area contributed by atoms with E-state index in [0.717, 1.165) is 16.0 Å². The van der Waals surface area contributed by atoms with Crippen molar-refractivity contribution in [3.63, 3.8) is 0 Å². The molecular formula is C16H12N2O5. The molecule has 1 unspecified atom stereocenters. The Kier molecular flexibility index (Phi) is 2.75. The van der Waals surface area contributed by atoms with Crippen molar-refractivity contribution in [2.45, 2.75) is 31.7 Å². The summed E-state index contributed by atoms with van der Waals surface area (Å²) < 4.78 is 0. The van der Waals surface area contributed by atoms with Gasteiger partial charge in [-0.3, -0.25) is 34.2 Å². The Morgan fingerprint density at radius 3 is 2.00 bits per heavy atom. The zero-order chi connectivity index (χ0) is 16.3. The average Bonchev–Trinajstić information content (AvgIpc) is 2.96. The SMILES string of the molecule is O=C1Cc2cc3c(cc2C1)C(=O)N(C1CCC(=O)NC1=O)C3=O. The monoisotopic (exact) mass is 312 g/mol. The molecule has 2 aliphatic heterocycles. The number of carbonyl (C=O) groups excluding carboxylic acids is 5. The van der Waals surface area contributed by atoms with Crippen molar-refractivity contribution < 1.29 is 24.0 Å². The van der Waals surface area contributed by atoms with Gasteiger partial charge in [0.2, 0.25) is 11.8 Å². The number of rotatable bonds is 1. The molecule has 2 heterocycles. The Morgan fingerprint density at radius 2 is 1.48 bits per heavy atom. The number of hydrogen-bond acceptors (Lipinski definition) is 5. The van der Waals surface area contributed by atoms with E-state index in [4.69, 9.17) is 0 Å². The first kappa shape index (κ1) is 13.8. The average molecular weight is 312 g/mol. The van der Waals surface area contributed by atoms with Gasteiger partial charge in [-0.05, 0) is 29.7 Å². The Bertz CT molecular complexity index is 779. The van der Waals surface area contributed by atoms with Gasteiger partial charge in [0.25, 0.3) is 11.8 Å². The third kappa shape index (κ3) is 1.93. The van der Waals surface area contributed by atoms with E-state index in [2.05, 4.69) is 5.32 Å². The van der Waals surface area contributed by atoms with Gasteiger partial charge in [-0.15, -0.1) is 0 Å². The fourth-order valence-corrected chi connectivity index (χ4v) is 3.42. The number of amides is 4. The predicted molar refractivity (Wildman–Crippen MR) is 75.5 cm³/mol. The molecule has 1 N–H and O–H groups in total. The topological polar surface area (TPSA) is 101 Å². The summed E-state index contributed by atoms with van der Waals surface area (Å²) in [7, 11) is 0. The van der Waals surface area contributed by atoms with E-state index >= 15 is 0 Å². The largest absolute Gasteiger partial charge is 0.299 e. The Balaban J connectivity index is 1.72. The van der Waals surface area contributed by atoms with Gasteiger partial charge in [0.15, 0.2) is 0 Å². The van der Waals surface area contributed by atoms with Crippen LogP contribution in [-0.4, -0.2) is 40.4 Å². The first-order chi connectivity index (χ1) is 11.0. The molecule has 7 heteroatoms. The molecular weight excluding hydrogens is 300 g/mol. The molecule has 0 spiro atoms. The van der Waals surface area contributed by atoms with Crippen molar-refractivity contribution in [2.24, 2.45) is 0 Å². The van der Waals surface area contributed by atoms with Crippen LogP contribution in [0.2, 0.25) is 0 Å². The lowest BCUT2D eigenvalue weighted by atomic mass is 10.0. The third-order valence-electron chi connectivity index (χ3n) is 4.54. The second-order valence-electron chi connectivity index (χ2n) is 6.01. The lowest BCUT2D eigenvalue weighted by Crippen LogP contribution is -2.54. The van der Waals surface area contributed by atoms with Gasteiger partial charge in [-0.25, -0.2) is 0 Å². The molecule has 1 aromatic carbocycles. The number of piperidine rings is 1. The zero-order valence-electron chi connectivity index (χ0n) is 12.0. The van der Waals surface area contributed by atoms with Crippen LogP contribution in [0, 0.1) is 0 Å². The van der Waals surface area contributed by atoms with E-state index in [1.165, 1.54) is 0 Å². The van der Waals surface area contributed by atoms with Gasteiger partial charge in [0.1, 0.15) is 11.8 Å². The summed E-state index contributed by atoms with van der Waals surface area (Å²) in [6.07, 6.45) is 0.758. The molecule has 0 bridgehead atoms. The second-order valence-corrected chi connectivity index (χ2v) is 6.01. The highest BCUT2D eigenvalue weighted by molar-refractivity contribution is 6.23. The van der Waals surface area contributed by atoms with E-state index in [9.17, 15) is 24.0 Å². The van der Waals surface area contributed by atoms with Crippen LogP contribution in [0.15, 0.2) is 12.1 Å². The van der Waals surface area contributed by atoms with Gasteiger partial charge < -0.3 is 0 Å². The molecule has 116 valence electrons. The molecule has 4 rings (SSSR count). The molecule has 1 aliphatic carbocycles. The van der Waals surface area contributed by atoms with Crippen molar-refractivity contribution in [1.82, 2.24) is 10.2 Å². The van der Waals surface area contributed by atoms with E-state index < -0.39 is 29.7 Å². The minimum absolute atomic E-state index is 0.0607. The Morgan fingerprint density at radius 1 is 0.913 bits per heavy atom. The van der Waals surface area contributed by atoms with Gasteiger partial charge in [-0.1, -0.05) is 0 Å². The second kappa shape index (κ2) is 4.58. The van der Waals surface area contributed by atoms with E-state index in [1.54, 1.807) is 12.1 Å². The smallest absolute Gasteiger partial charge is 0.262 e. The number of benzene rings is 1. The van der Waals surface area contributed by atoms with Crippen molar-refractivity contribution in [1.29, 1.82) is 0 Å². The molecule has 23 heavy (non-hydrogen) atoms. The lowest BCUT2D eigenvalue weighted by Gasteiger charge is -2.27. The van der Waals surface area contributed by atoms with Crippen LogP contribution in [0.1, 0.15) is 44.7 Å².